The number of amides is 1. The van der Waals surface area contributed by atoms with Crippen LogP contribution in [0.4, 0.5) is 0 Å². The zero-order chi connectivity index (χ0) is 14.6. The van der Waals surface area contributed by atoms with Crippen LogP contribution < -0.4 is 5.32 Å². The SMILES string of the molecule is CN(C)CC(C)(O)CNC(=O)c1ccc(O)c(O)c1. The third-order valence-electron chi connectivity index (χ3n) is 2.52. The summed E-state index contributed by atoms with van der Waals surface area (Å²) in [6, 6.07) is 3.80. The largest absolute Gasteiger partial charge is 0.504 e. The zero-order valence-corrected chi connectivity index (χ0v) is 11.3. The number of likely N-dealkylation sites (N-methyl/N-ethyl adjacent to an activating group) is 1. The van der Waals surface area contributed by atoms with Crippen molar-refractivity contribution in [3.63, 3.8) is 0 Å². The zero-order valence-electron chi connectivity index (χ0n) is 11.3. The lowest BCUT2D eigenvalue weighted by molar-refractivity contribution is 0.0326. The van der Waals surface area contributed by atoms with Gasteiger partial charge in [0.25, 0.3) is 5.91 Å². The Hall–Kier alpha value is -1.79. The molecule has 0 aliphatic carbocycles. The van der Waals surface area contributed by atoms with E-state index in [9.17, 15) is 15.0 Å². The third kappa shape index (κ3) is 4.76. The standard InChI is InChI=1S/C13H20N2O4/c1-13(19,8-15(2)3)7-14-12(18)9-4-5-10(16)11(17)6-9/h4-6,16-17,19H,7-8H2,1-3H3,(H,14,18). The summed E-state index contributed by atoms with van der Waals surface area (Å²) in [6.07, 6.45) is 0. The Balaban J connectivity index is 2.62. The van der Waals surface area contributed by atoms with Gasteiger partial charge in [0.15, 0.2) is 11.5 Å². The summed E-state index contributed by atoms with van der Waals surface area (Å²) < 4.78 is 0. The van der Waals surface area contributed by atoms with Crippen LogP contribution in [0.5, 0.6) is 11.5 Å². The number of nitrogens with zero attached hydrogens (tertiary/aromatic N) is 1. The molecule has 19 heavy (non-hydrogen) atoms. The van der Waals surface area contributed by atoms with Crippen molar-refractivity contribution in [1.82, 2.24) is 10.2 Å². The maximum Gasteiger partial charge on any atom is 0.251 e. The number of hydrogen-bond acceptors (Lipinski definition) is 5. The van der Waals surface area contributed by atoms with Gasteiger partial charge in [-0.1, -0.05) is 0 Å². The minimum absolute atomic E-state index is 0.0889. The fraction of sp³-hybridized carbons (Fsp3) is 0.462. The van der Waals surface area contributed by atoms with Crippen molar-refractivity contribution in [2.75, 3.05) is 27.2 Å². The van der Waals surface area contributed by atoms with Crippen molar-refractivity contribution < 1.29 is 20.1 Å². The first kappa shape index (κ1) is 15.3. The Kier molecular flexibility index (Phi) is 4.74. The monoisotopic (exact) mass is 268 g/mol. The number of phenols is 2. The van der Waals surface area contributed by atoms with E-state index < -0.39 is 11.5 Å². The van der Waals surface area contributed by atoms with Crippen molar-refractivity contribution in [3.8, 4) is 11.5 Å². The molecule has 1 rings (SSSR count). The van der Waals surface area contributed by atoms with E-state index >= 15 is 0 Å². The van der Waals surface area contributed by atoms with Gasteiger partial charge >= 0.3 is 0 Å². The molecule has 0 fully saturated rings. The molecule has 1 unspecified atom stereocenters. The number of hydrogen-bond donors (Lipinski definition) is 4. The van der Waals surface area contributed by atoms with Gasteiger partial charge < -0.3 is 25.5 Å². The second-order valence-corrected chi connectivity index (χ2v) is 5.12. The van der Waals surface area contributed by atoms with Gasteiger partial charge in [0.05, 0.1) is 5.60 Å². The highest BCUT2D eigenvalue weighted by molar-refractivity contribution is 5.94. The molecule has 1 aromatic carbocycles. The molecule has 0 aromatic heterocycles. The van der Waals surface area contributed by atoms with Gasteiger partial charge in [-0.15, -0.1) is 0 Å². The summed E-state index contributed by atoms with van der Waals surface area (Å²) in [7, 11) is 3.66. The smallest absolute Gasteiger partial charge is 0.251 e. The van der Waals surface area contributed by atoms with Gasteiger partial charge in [-0.3, -0.25) is 4.79 Å². The number of aromatic hydroxyl groups is 2. The molecule has 0 aliphatic heterocycles. The third-order valence-corrected chi connectivity index (χ3v) is 2.52. The molecule has 6 heteroatoms. The van der Waals surface area contributed by atoms with E-state index in [2.05, 4.69) is 5.32 Å². The van der Waals surface area contributed by atoms with Crippen molar-refractivity contribution in [2.45, 2.75) is 12.5 Å². The fourth-order valence-corrected chi connectivity index (χ4v) is 1.77. The molecule has 1 amide bonds. The fourth-order valence-electron chi connectivity index (χ4n) is 1.77. The Morgan fingerprint density at radius 2 is 1.95 bits per heavy atom. The van der Waals surface area contributed by atoms with Crippen LogP contribution in [0.1, 0.15) is 17.3 Å². The van der Waals surface area contributed by atoms with E-state index in [1.807, 2.05) is 19.0 Å². The summed E-state index contributed by atoms with van der Waals surface area (Å²) in [5.74, 6) is -1.06. The molecule has 1 atom stereocenters. The van der Waals surface area contributed by atoms with Crippen molar-refractivity contribution in [2.24, 2.45) is 0 Å². The average molecular weight is 268 g/mol. The topological polar surface area (TPSA) is 93.0 Å². The molecule has 0 saturated carbocycles. The number of aliphatic hydroxyl groups is 1. The molecule has 0 aliphatic rings. The van der Waals surface area contributed by atoms with Gasteiger partial charge in [0.2, 0.25) is 0 Å². The molecule has 6 nitrogen and oxygen atoms in total. The lowest BCUT2D eigenvalue weighted by atomic mass is 10.1. The van der Waals surface area contributed by atoms with Crippen LogP contribution in [0.2, 0.25) is 0 Å². The quantitative estimate of drug-likeness (QED) is 0.570. The van der Waals surface area contributed by atoms with E-state index in [0.717, 1.165) is 0 Å². The normalized spacial score (nSPS) is 14.2. The molecular formula is C13H20N2O4. The van der Waals surface area contributed by atoms with Crippen molar-refractivity contribution in [3.05, 3.63) is 23.8 Å². The first-order valence-electron chi connectivity index (χ1n) is 5.88. The van der Waals surface area contributed by atoms with E-state index in [1.165, 1.54) is 18.2 Å². The van der Waals surface area contributed by atoms with Gasteiger partial charge in [0.1, 0.15) is 0 Å². The Morgan fingerprint density at radius 1 is 1.32 bits per heavy atom. The maximum absolute atomic E-state index is 11.8. The molecule has 106 valence electrons. The van der Waals surface area contributed by atoms with Crippen LogP contribution in [0.15, 0.2) is 18.2 Å². The van der Waals surface area contributed by atoms with E-state index in [-0.39, 0.29) is 23.6 Å². The van der Waals surface area contributed by atoms with Crippen LogP contribution in [0.25, 0.3) is 0 Å². The molecule has 0 saturated heterocycles. The van der Waals surface area contributed by atoms with Crippen LogP contribution in [-0.4, -0.2) is 58.9 Å². The van der Waals surface area contributed by atoms with Gasteiger partial charge in [-0.05, 0) is 39.2 Å². The highest BCUT2D eigenvalue weighted by atomic mass is 16.3. The van der Waals surface area contributed by atoms with Crippen LogP contribution in [-0.2, 0) is 0 Å². The molecule has 4 N–H and O–H groups in total. The number of phenolic OH excluding ortho intramolecular Hbond substituents is 2. The summed E-state index contributed by atoms with van der Waals surface area (Å²) in [5.41, 5.74) is -0.825. The van der Waals surface area contributed by atoms with Crippen LogP contribution in [0.3, 0.4) is 0 Å². The van der Waals surface area contributed by atoms with Crippen LogP contribution in [0, 0.1) is 0 Å². The molecule has 1 aromatic rings. The maximum atomic E-state index is 11.8. The lowest BCUT2D eigenvalue weighted by Crippen LogP contribution is -2.47. The van der Waals surface area contributed by atoms with Crippen molar-refractivity contribution >= 4 is 5.91 Å². The predicted octanol–water partition coefficient (Wildman–Crippen LogP) is 0.140. The Labute approximate surface area is 112 Å². The number of nitrogens with one attached hydrogen (secondary N) is 1. The average Bonchev–Trinajstić information content (AvgIpc) is 2.28. The molecule has 0 heterocycles. The predicted molar refractivity (Wildman–Crippen MR) is 71.3 cm³/mol. The summed E-state index contributed by atoms with van der Waals surface area (Å²) in [6.45, 7) is 2.13. The number of benzene rings is 1. The lowest BCUT2D eigenvalue weighted by Gasteiger charge is -2.27. The van der Waals surface area contributed by atoms with Crippen LogP contribution >= 0.6 is 0 Å². The highest BCUT2D eigenvalue weighted by Gasteiger charge is 2.22. The molecular weight excluding hydrogens is 248 g/mol. The highest BCUT2D eigenvalue weighted by Crippen LogP contribution is 2.24. The van der Waals surface area contributed by atoms with Crippen molar-refractivity contribution in [1.29, 1.82) is 0 Å². The Bertz CT molecular complexity index is 458. The molecule has 0 spiro atoms. The Morgan fingerprint density at radius 3 is 2.47 bits per heavy atom. The molecule has 0 radical (unpaired) electrons. The second-order valence-electron chi connectivity index (χ2n) is 5.12. The first-order valence-corrected chi connectivity index (χ1v) is 5.88. The van der Waals surface area contributed by atoms with E-state index in [4.69, 9.17) is 5.11 Å². The summed E-state index contributed by atoms with van der Waals surface area (Å²) in [4.78, 5) is 13.6. The number of rotatable bonds is 5. The first-order chi connectivity index (χ1) is 8.71. The number of carbonyl (C=O) groups excluding carboxylic acids is 1. The summed E-state index contributed by atoms with van der Waals surface area (Å²) in [5, 5.41) is 31.1. The molecule has 0 bridgehead atoms. The second kappa shape index (κ2) is 5.90. The van der Waals surface area contributed by atoms with Gasteiger partial charge in [-0.2, -0.15) is 0 Å². The number of carbonyl (C=O) groups is 1. The van der Waals surface area contributed by atoms with E-state index in [1.54, 1.807) is 6.92 Å². The van der Waals surface area contributed by atoms with E-state index in [0.29, 0.717) is 6.54 Å². The minimum Gasteiger partial charge on any atom is -0.504 e. The van der Waals surface area contributed by atoms with Gasteiger partial charge in [0, 0.05) is 18.7 Å². The minimum atomic E-state index is -1.04. The van der Waals surface area contributed by atoms with Gasteiger partial charge in [-0.25, -0.2) is 0 Å². The summed E-state index contributed by atoms with van der Waals surface area (Å²) >= 11 is 0.